The van der Waals surface area contributed by atoms with Crippen molar-refractivity contribution in [3.8, 4) is 0 Å². The first-order valence-electron chi connectivity index (χ1n) is 6.46. The van der Waals surface area contributed by atoms with E-state index in [0.717, 1.165) is 25.7 Å². The molecular weight excluding hydrogens is 216 g/mol. The van der Waals surface area contributed by atoms with Crippen molar-refractivity contribution in [2.45, 2.75) is 39.5 Å². The molecule has 0 heteroatoms. The quantitative estimate of drug-likeness (QED) is 0.276. The average molecular weight is 246 g/mol. The molecule has 0 aliphatic rings. The molecule has 0 atom stereocenters. The molecule has 0 aromatic carbocycles. The second kappa shape index (κ2) is 29.5. The van der Waals surface area contributed by atoms with E-state index in [2.05, 4.69) is 45.4 Å². The van der Waals surface area contributed by atoms with Crippen LogP contribution in [0.2, 0.25) is 0 Å². The summed E-state index contributed by atoms with van der Waals surface area (Å²) in [6.45, 7) is 18.3. The Kier molecular flexibility index (Phi) is 35.6. The minimum atomic E-state index is 0.997. The van der Waals surface area contributed by atoms with Crippen LogP contribution in [-0.4, -0.2) is 0 Å². The summed E-state index contributed by atoms with van der Waals surface area (Å²) in [4.78, 5) is 0. The highest BCUT2D eigenvalue weighted by atomic mass is 13.7. The van der Waals surface area contributed by atoms with Crippen LogP contribution in [0.3, 0.4) is 0 Å². The first-order chi connectivity index (χ1) is 8.74. The van der Waals surface area contributed by atoms with Crippen LogP contribution in [0, 0.1) is 0 Å². The molecule has 0 aliphatic heterocycles. The van der Waals surface area contributed by atoms with Gasteiger partial charge in [-0.05, 0) is 32.6 Å². The summed E-state index contributed by atoms with van der Waals surface area (Å²) in [6.07, 6.45) is 19.7. The van der Waals surface area contributed by atoms with E-state index in [0.29, 0.717) is 0 Å². The molecule has 0 radical (unpaired) electrons. The first kappa shape index (κ1) is 21.7. The van der Waals surface area contributed by atoms with Gasteiger partial charge in [-0.2, -0.15) is 0 Å². The summed E-state index contributed by atoms with van der Waals surface area (Å²) < 4.78 is 0. The van der Waals surface area contributed by atoms with Gasteiger partial charge >= 0.3 is 0 Å². The molecule has 0 heterocycles. The van der Waals surface area contributed by atoms with Gasteiger partial charge in [0.15, 0.2) is 0 Å². The van der Waals surface area contributed by atoms with Crippen LogP contribution in [0.4, 0.5) is 0 Å². The molecule has 0 saturated carbocycles. The molecule has 0 aliphatic carbocycles. The van der Waals surface area contributed by atoms with E-state index in [1.54, 1.807) is 6.08 Å². The molecule has 0 rings (SSSR count). The third-order valence-corrected chi connectivity index (χ3v) is 1.62. The maximum atomic E-state index is 3.55. The van der Waals surface area contributed by atoms with E-state index >= 15 is 0 Å². The molecule has 0 fully saturated rings. The lowest BCUT2D eigenvalue weighted by atomic mass is 10.3. The number of hydrogen-bond donors (Lipinski definition) is 0. The van der Waals surface area contributed by atoms with Gasteiger partial charge in [-0.25, -0.2) is 0 Å². The highest BCUT2D eigenvalue weighted by Gasteiger charge is 1.66. The van der Waals surface area contributed by atoms with Crippen LogP contribution in [0.5, 0.6) is 0 Å². The van der Waals surface area contributed by atoms with Crippen molar-refractivity contribution >= 4 is 0 Å². The molecule has 0 nitrogen and oxygen atoms in total. The monoisotopic (exact) mass is 246 g/mol. The maximum Gasteiger partial charge on any atom is -0.0172 e. The van der Waals surface area contributed by atoms with Gasteiger partial charge in [-0.1, -0.05) is 62.1 Å². The minimum Gasteiger partial charge on any atom is -0.103 e. The Bertz CT molecular complexity index is 220. The predicted octanol–water partition coefficient (Wildman–Crippen LogP) is 6.42. The summed E-state index contributed by atoms with van der Waals surface area (Å²) in [5, 5.41) is 0. The Morgan fingerprint density at radius 3 is 1.56 bits per heavy atom. The van der Waals surface area contributed by atoms with Crippen LogP contribution in [0.15, 0.2) is 74.9 Å². The zero-order valence-electron chi connectivity index (χ0n) is 12.3. The van der Waals surface area contributed by atoms with Crippen molar-refractivity contribution < 1.29 is 0 Å². The van der Waals surface area contributed by atoms with Gasteiger partial charge in [0.05, 0.1) is 0 Å². The Morgan fingerprint density at radius 2 is 1.39 bits per heavy atom. The SMILES string of the molecule is C=C/C=C/CC.C=CC/C=C/C.C=CCCC=C. The molecule has 0 N–H and O–H groups in total. The van der Waals surface area contributed by atoms with E-state index in [1.807, 2.05) is 37.3 Å². The third-order valence-electron chi connectivity index (χ3n) is 1.62. The highest BCUT2D eigenvalue weighted by molar-refractivity contribution is 4.96. The fourth-order valence-corrected chi connectivity index (χ4v) is 0.700. The number of hydrogen-bond acceptors (Lipinski definition) is 0. The van der Waals surface area contributed by atoms with Crippen molar-refractivity contribution in [3.05, 3.63) is 74.9 Å². The second-order valence-electron chi connectivity index (χ2n) is 3.32. The van der Waals surface area contributed by atoms with Crippen molar-refractivity contribution in [3.63, 3.8) is 0 Å². The Morgan fingerprint density at radius 1 is 0.833 bits per heavy atom. The van der Waals surface area contributed by atoms with Crippen LogP contribution >= 0.6 is 0 Å². The summed E-state index contributed by atoms with van der Waals surface area (Å²) in [7, 11) is 0. The molecule has 0 saturated heterocycles. The lowest BCUT2D eigenvalue weighted by molar-refractivity contribution is 1.06. The van der Waals surface area contributed by atoms with E-state index in [-0.39, 0.29) is 0 Å². The lowest BCUT2D eigenvalue weighted by Crippen LogP contribution is -1.56. The number of unbranched alkanes of at least 4 members (excludes halogenated alkanes) is 1. The molecule has 0 aromatic rings. The molecule has 102 valence electrons. The Balaban J connectivity index is -0.000000187. The smallest absolute Gasteiger partial charge is 0.0172 e. The minimum absolute atomic E-state index is 0.997. The van der Waals surface area contributed by atoms with Crippen LogP contribution in [0.1, 0.15) is 39.5 Å². The highest BCUT2D eigenvalue weighted by Crippen LogP contribution is 1.86. The van der Waals surface area contributed by atoms with Crippen molar-refractivity contribution in [1.82, 2.24) is 0 Å². The summed E-state index contributed by atoms with van der Waals surface area (Å²) >= 11 is 0. The Hall–Kier alpha value is -1.56. The molecule has 0 bridgehead atoms. The fourth-order valence-electron chi connectivity index (χ4n) is 0.700. The Labute approximate surface area is 115 Å². The normalized spacial score (nSPS) is 8.78. The molecule has 0 spiro atoms. The van der Waals surface area contributed by atoms with Gasteiger partial charge in [0, 0.05) is 0 Å². The van der Waals surface area contributed by atoms with Gasteiger partial charge in [0.1, 0.15) is 0 Å². The van der Waals surface area contributed by atoms with E-state index in [9.17, 15) is 0 Å². The largest absolute Gasteiger partial charge is 0.103 e. The maximum absolute atomic E-state index is 3.55. The van der Waals surface area contributed by atoms with Gasteiger partial charge in [0.25, 0.3) is 0 Å². The predicted molar refractivity (Wildman–Crippen MR) is 88.9 cm³/mol. The first-order valence-corrected chi connectivity index (χ1v) is 6.46. The summed E-state index contributed by atoms with van der Waals surface area (Å²) in [6, 6.07) is 0. The van der Waals surface area contributed by atoms with Gasteiger partial charge in [-0.3, -0.25) is 0 Å². The van der Waals surface area contributed by atoms with Gasteiger partial charge in [-0.15, -0.1) is 19.7 Å². The zero-order chi connectivity index (χ0) is 14.5. The van der Waals surface area contributed by atoms with Gasteiger partial charge < -0.3 is 0 Å². The van der Waals surface area contributed by atoms with E-state index in [4.69, 9.17) is 0 Å². The number of rotatable bonds is 7. The zero-order valence-corrected chi connectivity index (χ0v) is 12.3. The van der Waals surface area contributed by atoms with Gasteiger partial charge in [0.2, 0.25) is 0 Å². The second-order valence-corrected chi connectivity index (χ2v) is 3.32. The lowest BCUT2D eigenvalue weighted by Gasteiger charge is -1.76. The number of allylic oxidation sites excluding steroid dienone is 8. The van der Waals surface area contributed by atoms with Crippen molar-refractivity contribution in [1.29, 1.82) is 0 Å². The van der Waals surface area contributed by atoms with Crippen LogP contribution < -0.4 is 0 Å². The van der Waals surface area contributed by atoms with E-state index in [1.165, 1.54) is 0 Å². The van der Waals surface area contributed by atoms with Crippen molar-refractivity contribution in [2.24, 2.45) is 0 Å². The third kappa shape index (κ3) is 47.1. The van der Waals surface area contributed by atoms with Crippen molar-refractivity contribution in [2.75, 3.05) is 0 Å². The molecule has 18 heavy (non-hydrogen) atoms. The molecular formula is C18H30. The summed E-state index contributed by atoms with van der Waals surface area (Å²) in [5.74, 6) is 0. The van der Waals surface area contributed by atoms with Crippen LogP contribution in [0.25, 0.3) is 0 Å². The standard InChI is InChI=1S/3C6H10/c3*1-3-5-6-4-2/h3,5-6H,1,4H2,2H3;3-4,6H,1,5H2,2H3;3-4H,1-2,5-6H2/b6-5+;6-4+;. The van der Waals surface area contributed by atoms with Crippen LogP contribution in [-0.2, 0) is 0 Å². The van der Waals surface area contributed by atoms with E-state index < -0.39 is 0 Å². The summed E-state index contributed by atoms with van der Waals surface area (Å²) in [5.41, 5.74) is 0. The molecule has 0 aromatic heterocycles. The topological polar surface area (TPSA) is 0 Å². The average Bonchev–Trinajstić information content (AvgIpc) is 2.42. The fraction of sp³-hybridized carbons (Fsp3) is 0.333. The molecule has 0 unspecified atom stereocenters. The molecule has 0 amide bonds.